The molecule has 0 amide bonds. The van der Waals surface area contributed by atoms with Crippen LogP contribution >= 0.6 is 0 Å². The molecule has 1 aliphatic rings. The number of aliphatic hydroxyl groups excluding tert-OH is 2. The van der Waals surface area contributed by atoms with Crippen molar-refractivity contribution in [3.8, 4) is 16.9 Å². The number of fused-ring (bicyclic) bond motifs is 1. The highest BCUT2D eigenvalue weighted by molar-refractivity contribution is 5.99. The van der Waals surface area contributed by atoms with Crippen LogP contribution in [0.1, 0.15) is 48.4 Å². The third-order valence-electron chi connectivity index (χ3n) is 6.95. The molecule has 4 aromatic rings. The van der Waals surface area contributed by atoms with Gasteiger partial charge in [0.25, 0.3) is 0 Å². The largest absolute Gasteiger partial charge is 0.475 e. The van der Waals surface area contributed by atoms with Crippen molar-refractivity contribution in [2.24, 2.45) is 0 Å². The van der Waals surface area contributed by atoms with Crippen LogP contribution in [-0.2, 0) is 16.2 Å². The average molecular weight is 574 g/mol. The molecule has 1 aliphatic carbocycles. The zero-order valence-electron chi connectivity index (χ0n) is 22.6. The number of esters is 1. The quantitative estimate of drug-likeness (QED) is 0.113. The molecule has 42 heavy (non-hydrogen) atoms. The molecule has 1 aromatic heterocycles. The van der Waals surface area contributed by atoms with Crippen LogP contribution in [0.4, 0.5) is 4.39 Å². The van der Waals surface area contributed by atoms with Gasteiger partial charge in [0.2, 0.25) is 0 Å². The van der Waals surface area contributed by atoms with Crippen LogP contribution in [0.3, 0.4) is 0 Å². The predicted molar refractivity (Wildman–Crippen MR) is 152 cm³/mol. The Balaban J connectivity index is 1.28. The summed E-state index contributed by atoms with van der Waals surface area (Å²) in [6.45, 7) is -0.166. The van der Waals surface area contributed by atoms with E-state index in [4.69, 9.17) is 14.9 Å². The molecule has 0 saturated heterocycles. The number of ether oxygens (including phenoxy) is 1. The molecule has 9 nitrogen and oxygen atoms in total. The molecule has 3 aromatic carbocycles. The van der Waals surface area contributed by atoms with Crippen LogP contribution in [0.2, 0.25) is 0 Å². The third-order valence-corrected chi connectivity index (χ3v) is 6.95. The van der Waals surface area contributed by atoms with Gasteiger partial charge >= 0.3 is 11.1 Å². The average Bonchev–Trinajstić information content (AvgIpc) is 3.81. The number of carbonyl (C=O) groups excluding carboxylic acids is 1. The van der Waals surface area contributed by atoms with Gasteiger partial charge in [-0.25, -0.2) is 9.60 Å². The summed E-state index contributed by atoms with van der Waals surface area (Å²) >= 11 is 0. The summed E-state index contributed by atoms with van der Waals surface area (Å²) < 4.78 is 19.0. The van der Waals surface area contributed by atoms with Crippen molar-refractivity contribution < 1.29 is 39.3 Å². The van der Waals surface area contributed by atoms with Crippen molar-refractivity contribution >= 4 is 22.9 Å². The summed E-state index contributed by atoms with van der Waals surface area (Å²) in [6, 6.07) is 20.1. The normalized spacial score (nSPS) is 14.5. The highest BCUT2D eigenvalue weighted by atomic mass is 19.1. The summed E-state index contributed by atoms with van der Waals surface area (Å²) in [5.41, 5.74) is 4.89. The zero-order chi connectivity index (χ0) is 29.6. The Hall–Kier alpha value is -4.67. The van der Waals surface area contributed by atoms with E-state index in [2.05, 4.69) is 4.84 Å². The summed E-state index contributed by atoms with van der Waals surface area (Å²) in [6.07, 6.45) is 2.75. The highest BCUT2D eigenvalue weighted by Crippen LogP contribution is 2.45. The first-order chi connectivity index (χ1) is 20.3. The van der Waals surface area contributed by atoms with Crippen LogP contribution < -0.4 is 4.74 Å². The van der Waals surface area contributed by atoms with Crippen molar-refractivity contribution in [3.63, 3.8) is 0 Å². The molecule has 1 saturated carbocycles. The molecule has 3 N–H and O–H groups in total. The van der Waals surface area contributed by atoms with Gasteiger partial charge in [-0.3, -0.25) is 9.78 Å². The van der Waals surface area contributed by atoms with E-state index < -0.39 is 23.3 Å². The number of rotatable bonds is 12. The summed E-state index contributed by atoms with van der Waals surface area (Å²) in [5, 5.41) is 30.0. The molecule has 0 spiro atoms. The molecular formula is C32H30FN2O7+. The number of halogens is 1. The Bertz CT molecular complexity index is 1600. The fraction of sp³-hybridized carbons (Fsp3) is 0.250. The molecule has 1 heterocycles. The minimum absolute atomic E-state index is 0.0968. The van der Waals surface area contributed by atoms with E-state index in [1.807, 2.05) is 24.3 Å². The lowest BCUT2D eigenvalue weighted by molar-refractivity contribution is -0.979. The second-order valence-electron chi connectivity index (χ2n) is 10.2. The highest BCUT2D eigenvalue weighted by Gasteiger charge is 2.29. The van der Waals surface area contributed by atoms with E-state index in [9.17, 15) is 24.3 Å². The smallest absolute Gasteiger partial charge is 0.426 e. The Labute approximate surface area is 241 Å². The van der Waals surface area contributed by atoms with Crippen LogP contribution in [0.5, 0.6) is 5.75 Å². The number of aliphatic hydroxyl groups is 2. The Kier molecular flexibility index (Phi) is 8.85. The lowest BCUT2D eigenvalue weighted by atomic mass is 9.92. The molecule has 2 atom stereocenters. The molecule has 0 radical (unpaired) electrons. The van der Waals surface area contributed by atoms with Crippen LogP contribution in [0.15, 0.2) is 78.9 Å². The van der Waals surface area contributed by atoms with Crippen molar-refractivity contribution in [1.29, 1.82) is 0 Å². The summed E-state index contributed by atoms with van der Waals surface area (Å²) in [5.74, 6) is -0.495. The van der Waals surface area contributed by atoms with Gasteiger partial charge < -0.3 is 14.9 Å². The first kappa shape index (κ1) is 28.8. The number of hydrogen-bond acceptors (Lipinski definition) is 7. The standard InChI is InChI=1S/C32H30FN2O7/c33-23-11-9-21(10-12-23)31-27-3-1-2-4-29(27)34-32(22-7-8-22)28(31)16-13-24(36)17-25(37)18-30(38)42-26-14-5-20(6-15-26)19-41-35(39)40/h1-6,9-16,22,24-25,36-37H,7-8,17-19H2,(H,39,40)/q+1/b16-13+. The minimum atomic E-state index is -1.16. The van der Waals surface area contributed by atoms with Gasteiger partial charge in [-0.05, 0) is 54.3 Å². The number of carbonyl (C=O) groups is 1. The SMILES string of the molecule is O=C(CC(O)CC(O)/C=C/c1c(C2CC2)nc2ccccc2c1-c1ccc(F)cc1)Oc1ccc(CO[N+](=O)O)cc1. The van der Waals surface area contributed by atoms with Crippen LogP contribution in [0.25, 0.3) is 28.1 Å². The zero-order valence-corrected chi connectivity index (χ0v) is 22.6. The Morgan fingerprint density at radius 2 is 1.76 bits per heavy atom. The van der Waals surface area contributed by atoms with Gasteiger partial charge in [0.15, 0.2) is 6.61 Å². The fourth-order valence-electron chi connectivity index (χ4n) is 4.81. The van der Waals surface area contributed by atoms with Gasteiger partial charge in [0.1, 0.15) is 16.5 Å². The second-order valence-corrected chi connectivity index (χ2v) is 10.2. The molecular weight excluding hydrogens is 543 g/mol. The van der Waals surface area contributed by atoms with Gasteiger partial charge in [-0.1, -0.05) is 54.6 Å². The van der Waals surface area contributed by atoms with E-state index >= 15 is 0 Å². The van der Waals surface area contributed by atoms with Gasteiger partial charge in [-0.2, -0.15) is 4.84 Å². The fourth-order valence-corrected chi connectivity index (χ4v) is 4.81. The summed E-state index contributed by atoms with van der Waals surface area (Å²) in [4.78, 5) is 32.1. The Morgan fingerprint density at radius 1 is 1.05 bits per heavy atom. The molecule has 1 fully saturated rings. The molecule has 216 valence electrons. The van der Waals surface area contributed by atoms with Crippen molar-refractivity contribution in [2.45, 2.75) is 50.4 Å². The van der Waals surface area contributed by atoms with Crippen molar-refractivity contribution in [2.75, 3.05) is 0 Å². The van der Waals surface area contributed by atoms with Gasteiger partial charge in [0, 0.05) is 28.9 Å². The van der Waals surface area contributed by atoms with E-state index in [0.29, 0.717) is 11.5 Å². The van der Waals surface area contributed by atoms with E-state index in [1.165, 1.54) is 24.3 Å². The molecule has 0 bridgehead atoms. The second kappa shape index (κ2) is 12.9. The first-order valence-electron chi connectivity index (χ1n) is 13.6. The third kappa shape index (κ3) is 7.34. The summed E-state index contributed by atoms with van der Waals surface area (Å²) in [7, 11) is 0. The lowest BCUT2D eigenvalue weighted by Crippen LogP contribution is -2.22. The van der Waals surface area contributed by atoms with Gasteiger partial charge in [0.05, 0.1) is 29.8 Å². The van der Waals surface area contributed by atoms with Gasteiger partial charge in [-0.15, -0.1) is 0 Å². The van der Waals surface area contributed by atoms with Crippen LogP contribution in [0, 0.1) is 10.7 Å². The van der Waals surface area contributed by atoms with Crippen LogP contribution in [-0.4, -0.2) is 43.7 Å². The van der Waals surface area contributed by atoms with E-state index in [-0.39, 0.29) is 31.0 Å². The maximum absolute atomic E-state index is 13.8. The lowest BCUT2D eigenvalue weighted by Gasteiger charge is -2.16. The Morgan fingerprint density at radius 3 is 2.45 bits per heavy atom. The van der Waals surface area contributed by atoms with Crippen molar-refractivity contribution in [3.05, 3.63) is 106 Å². The number of pyridine rings is 1. The van der Waals surface area contributed by atoms with E-state index in [1.54, 1.807) is 36.4 Å². The maximum Gasteiger partial charge on any atom is 0.475 e. The number of benzene rings is 3. The predicted octanol–water partition coefficient (Wildman–Crippen LogP) is 5.64. The maximum atomic E-state index is 13.8. The molecule has 2 unspecified atom stereocenters. The number of para-hydroxylation sites is 1. The number of aromatic nitrogens is 1. The topological polar surface area (TPSA) is 129 Å². The molecule has 5 rings (SSSR count). The molecule has 10 heteroatoms. The van der Waals surface area contributed by atoms with Crippen molar-refractivity contribution in [1.82, 2.24) is 4.98 Å². The number of hydrogen-bond donors (Lipinski definition) is 3. The molecule has 0 aliphatic heterocycles. The number of nitrogens with zero attached hydrogens (tertiary/aromatic N) is 2. The minimum Gasteiger partial charge on any atom is -0.426 e. The first-order valence-corrected chi connectivity index (χ1v) is 13.6. The van der Waals surface area contributed by atoms with E-state index in [0.717, 1.165) is 46.1 Å². The monoisotopic (exact) mass is 573 g/mol.